The highest BCUT2D eigenvalue weighted by Gasteiger charge is 2.23. The highest BCUT2D eigenvalue weighted by atomic mass is 19.0. The van der Waals surface area contributed by atoms with Crippen LogP contribution in [0, 0.1) is 0 Å². The van der Waals surface area contributed by atoms with Crippen molar-refractivity contribution in [3.05, 3.63) is 47.5 Å². The van der Waals surface area contributed by atoms with Crippen LogP contribution in [0.5, 0.6) is 0 Å². The van der Waals surface area contributed by atoms with Crippen molar-refractivity contribution < 1.29 is 14.3 Å². The summed E-state index contributed by atoms with van der Waals surface area (Å²) in [5, 5.41) is 4.00. The van der Waals surface area contributed by atoms with Crippen molar-refractivity contribution in [1.82, 2.24) is 5.32 Å². The minimum absolute atomic E-state index is 0. The molecular formula is C12H8FNO2. The summed E-state index contributed by atoms with van der Waals surface area (Å²) >= 11 is 0. The lowest BCUT2D eigenvalue weighted by molar-refractivity contribution is 0.0845. The fourth-order valence-corrected chi connectivity index (χ4v) is 1.96. The number of carbonyl (C=O) groups is 2. The van der Waals surface area contributed by atoms with Crippen molar-refractivity contribution >= 4 is 22.6 Å². The van der Waals surface area contributed by atoms with Crippen molar-refractivity contribution in [3.8, 4) is 0 Å². The van der Waals surface area contributed by atoms with Gasteiger partial charge in [-0.2, -0.15) is 0 Å². The Balaban J connectivity index is 0.000000963. The first-order valence-electron chi connectivity index (χ1n) is 4.65. The Bertz CT molecular complexity index is 558. The molecule has 16 heavy (non-hydrogen) atoms. The molecule has 3 rings (SSSR count). The monoisotopic (exact) mass is 217 g/mol. The molecule has 0 atom stereocenters. The third-order valence-corrected chi connectivity index (χ3v) is 2.62. The largest absolute Gasteiger partial charge is 0.288 e. The molecule has 1 heterocycles. The zero-order valence-corrected chi connectivity index (χ0v) is 8.19. The third kappa shape index (κ3) is 1.20. The summed E-state index contributed by atoms with van der Waals surface area (Å²) < 4.78 is 0. The van der Waals surface area contributed by atoms with Crippen molar-refractivity contribution in [2.24, 2.45) is 0 Å². The van der Waals surface area contributed by atoms with E-state index in [1.165, 1.54) is 0 Å². The summed E-state index contributed by atoms with van der Waals surface area (Å²) in [7, 11) is 0. The maximum absolute atomic E-state index is 11.6. The maximum Gasteiger partial charge on any atom is 0.258 e. The molecule has 0 saturated carbocycles. The van der Waals surface area contributed by atoms with Crippen molar-refractivity contribution in [2.75, 3.05) is 0 Å². The van der Waals surface area contributed by atoms with Gasteiger partial charge in [-0.25, -0.2) is 0 Å². The molecule has 0 unspecified atom stereocenters. The molecule has 1 N–H and O–H groups in total. The van der Waals surface area contributed by atoms with E-state index in [1.54, 1.807) is 12.1 Å². The number of hydrogen-bond donors (Lipinski definition) is 1. The number of rotatable bonds is 0. The summed E-state index contributed by atoms with van der Waals surface area (Å²) in [4.78, 5) is 23.1. The zero-order chi connectivity index (χ0) is 10.4. The van der Waals surface area contributed by atoms with E-state index in [0.717, 1.165) is 10.8 Å². The van der Waals surface area contributed by atoms with E-state index in [4.69, 9.17) is 0 Å². The van der Waals surface area contributed by atoms with E-state index < -0.39 is 0 Å². The lowest BCUT2D eigenvalue weighted by Crippen LogP contribution is -2.34. The van der Waals surface area contributed by atoms with E-state index in [1.807, 2.05) is 24.3 Å². The smallest absolute Gasteiger partial charge is 0.258 e. The number of benzene rings is 2. The predicted octanol–water partition coefficient (Wildman–Crippen LogP) is 1.88. The Morgan fingerprint density at radius 2 is 1.31 bits per heavy atom. The summed E-state index contributed by atoms with van der Waals surface area (Å²) in [5.41, 5.74) is 1.14. The lowest BCUT2D eigenvalue weighted by atomic mass is 9.95. The number of nitrogens with one attached hydrogen (secondary N) is 1. The van der Waals surface area contributed by atoms with Gasteiger partial charge in [-0.15, -0.1) is 0 Å². The first-order chi connectivity index (χ1) is 7.27. The van der Waals surface area contributed by atoms with Crippen LogP contribution in [-0.4, -0.2) is 11.8 Å². The van der Waals surface area contributed by atoms with E-state index in [9.17, 15) is 9.59 Å². The first-order valence-corrected chi connectivity index (χ1v) is 4.65. The van der Waals surface area contributed by atoms with Crippen LogP contribution in [0.25, 0.3) is 10.8 Å². The van der Waals surface area contributed by atoms with E-state index in [2.05, 4.69) is 5.32 Å². The molecule has 0 aliphatic carbocycles. The summed E-state index contributed by atoms with van der Waals surface area (Å²) in [6.07, 6.45) is 0. The third-order valence-electron chi connectivity index (χ3n) is 2.62. The van der Waals surface area contributed by atoms with Crippen molar-refractivity contribution in [3.63, 3.8) is 0 Å². The Hall–Kier alpha value is -2.23. The Labute approximate surface area is 90.4 Å². The molecule has 3 nitrogen and oxygen atoms in total. The minimum Gasteiger partial charge on any atom is -0.288 e. The first kappa shape index (κ1) is 10.3. The highest BCUT2D eigenvalue weighted by molar-refractivity contribution is 6.25. The van der Waals surface area contributed by atoms with Gasteiger partial charge in [0.15, 0.2) is 0 Å². The summed E-state index contributed by atoms with van der Waals surface area (Å²) in [6.45, 7) is 0. The van der Waals surface area contributed by atoms with E-state index in [-0.39, 0.29) is 16.5 Å². The van der Waals surface area contributed by atoms with Crippen LogP contribution in [0.4, 0.5) is 4.70 Å². The number of amides is 2. The predicted molar refractivity (Wildman–Crippen MR) is 58.2 cm³/mol. The van der Waals surface area contributed by atoms with Gasteiger partial charge in [0.25, 0.3) is 11.8 Å². The molecule has 1 aliphatic heterocycles. The van der Waals surface area contributed by atoms with Crippen LogP contribution in [-0.2, 0) is 0 Å². The van der Waals surface area contributed by atoms with Crippen molar-refractivity contribution in [1.29, 1.82) is 0 Å². The molecule has 2 aromatic carbocycles. The molecule has 4 heteroatoms. The standard InChI is InChI=1S/C12H7NO2.FH/c14-11-8-5-1-3-7-4-2-6-9(10(7)8)12(15)13-11;/h1-6H,(H,13,14,15);1H. The molecule has 0 saturated heterocycles. The normalized spacial score (nSPS) is 13.2. The quantitative estimate of drug-likeness (QED) is 0.685. The molecule has 80 valence electrons. The van der Waals surface area contributed by atoms with Gasteiger partial charge in [0.2, 0.25) is 0 Å². The van der Waals surface area contributed by atoms with Gasteiger partial charge in [0.1, 0.15) is 0 Å². The number of hydrogen-bond acceptors (Lipinski definition) is 2. The average molecular weight is 217 g/mol. The molecular weight excluding hydrogens is 209 g/mol. The van der Waals surface area contributed by atoms with Gasteiger partial charge in [0.05, 0.1) is 0 Å². The molecule has 0 aromatic heterocycles. The second kappa shape index (κ2) is 3.41. The van der Waals surface area contributed by atoms with Crippen LogP contribution in [0.1, 0.15) is 20.7 Å². The topological polar surface area (TPSA) is 46.2 Å². The van der Waals surface area contributed by atoms with Gasteiger partial charge in [-0.1, -0.05) is 24.3 Å². The highest BCUT2D eigenvalue weighted by Crippen LogP contribution is 2.25. The number of imide groups is 1. The number of halogens is 1. The van der Waals surface area contributed by atoms with Crippen LogP contribution in [0.3, 0.4) is 0 Å². The van der Waals surface area contributed by atoms with Gasteiger partial charge >= 0.3 is 0 Å². The van der Waals surface area contributed by atoms with Crippen molar-refractivity contribution in [2.45, 2.75) is 0 Å². The summed E-state index contributed by atoms with van der Waals surface area (Å²) in [5.74, 6) is -0.631. The van der Waals surface area contributed by atoms with Crippen LogP contribution in [0.15, 0.2) is 36.4 Å². The van der Waals surface area contributed by atoms with Crippen LogP contribution in [0.2, 0.25) is 0 Å². The van der Waals surface area contributed by atoms with Crippen LogP contribution >= 0.6 is 0 Å². The second-order valence-electron chi connectivity index (χ2n) is 3.49. The Morgan fingerprint density at radius 3 is 1.81 bits per heavy atom. The Morgan fingerprint density at radius 1 is 0.812 bits per heavy atom. The van der Waals surface area contributed by atoms with E-state index >= 15 is 0 Å². The van der Waals surface area contributed by atoms with E-state index in [0.29, 0.717) is 11.1 Å². The zero-order valence-electron chi connectivity index (χ0n) is 8.19. The SMILES string of the molecule is F.O=C1NC(=O)c2cccc3cccc1c23. The Kier molecular flexibility index (Phi) is 2.20. The molecule has 0 fully saturated rings. The fraction of sp³-hybridized carbons (Fsp3) is 0. The molecule has 0 radical (unpaired) electrons. The van der Waals surface area contributed by atoms with Gasteiger partial charge in [-0.3, -0.25) is 19.6 Å². The van der Waals surface area contributed by atoms with Gasteiger partial charge in [0, 0.05) is 16.5 Å². The van der Waals surface area contributed by atoms with Gasteiger partial charge in [-0.05, 0) is 17.5 Å². The van der Waals surface area contributed by atoms with Crippen LogP contribution < -0.4 is 5.32 Å². The molecule has 1 aliphatic rings. The fourth-order valence-electron chi connectivity index (χ4n) is 1.96. The molecule has 2 amide bonds. The molecule has 0 bridgehead atoms. The second-order valence-corrected chi connectivity index (χ2v) is 3.49. The number of carbonyl (C=O) groups excluding carboxylic acids is 2. The minimum atomic E-state index is -0.315. The lowest BCUT2D eigenvalue weighted by Gasteiger charge is -2.15. The average Bonchev–Trinajstić information content (AvgIpc) is 2.25. The van der Waals surface area contributed by atoms with Gasteiger partial charge < -0.3 is 0 Å². The molecule has 0 spiro atoms. The summed E-state index contributed by atoms with van der Waals surface area (Å²) in [6, 6.07) is 10.9. The molecule has 2 aromatic rings. The maximum atomic E-state index is 11.6.